The average Bonchev–Trinajstić information content (AvgIpc) is 2.91. The van der Waals surface area contributed by atoms with Crippen LogP contribution < -0.4 is 10.9 Å². The number of furan rings is 1. The maximum atomic E-state index is 12.1. The molecule has 4 rings (SSSR count). The summed E-state index contributed by atoms with van der Waals surface area (Å²) in [6, 6.07) is 7.71. The minimum absolute atomic E-state index is 0.0671. The van der Waals surface area contributed by atoms with Gasteiger partial charge in [0.15, 0.2) is 0 Å². The van der Waals surface area contributed by atoms with E-state index in [-0.39, 0.29) is 5.56 Å². The Bertz CT molecular complexity index is 848. The number of aromatic amines is 1. The van der Waals surface area contributed by atoms with Gasteiger partial charge in [-0.25, -0.2) is 4.98 Å². The van der Waals surface area contributed by atoms with Crippen molar-refractivity contribution in [3.8, 4) is 11.4 Å². The van der Waals surface area contributed by atoms with Gasteiger partial charge >= 0.3 is 0 Å². The third-order valence-electron chi connectivity index (χ3n) is 3.65. The highest BCUT2D eigenvalue weighted by atomic mass is 16.3. The number of nitrogens with zero attached hydrogens (tertiary/aromatic N) is 1. The normalized spacial score (nSPS) is 14.0. The van der Waals surface area contributed by atoms with E-state index in [1.165, 1.54) is 0 Å². The number of anilines is 1. The Hall–Kier alpha value is -2.56. The van der Waals surface area contributed by atoms with Crippen LogP contribution in [0.1, 0.15) is 12.0 Å². The Morgan fingerprint density at radius 3 is 3.10 bits per heavy atom. The van der Waals surface area contributed by atoms with Crippen LogP contribution in [0.5, 0.6) is 0 Å². The topological polar surface area (TPSA) is 70.9 Å². The van der Waals surface area contributed by atoms with Crippen molar-refractivity contribution in [3.63, 3.8) is 0 Å². The first kappa shape index (κ1) is 11.3. The molecule has 3 aromatic rings. The second-order valence-corrected chi connectivity index (χ2v) is 4.92. The Labute approximate surface area is 114 Å². The molecule has 1 aliphatic rings. The molecule has 1 aliphatic heterocycles. The van der Waals surface area contributed by atoms with Crippen LogP contribution in [0.3, 0.4) is 0 Å². The molecule has 0 aliphatic carbocycles. The average molecular weight is 267 g/mol. The number of benzene rings is 1. The van der Waals surface area contributed by atoms with Crippen molar-refractivity contribution < 1.29 is 4.42 Å². The molecular formula is C15H13N3O2. The predicted octanol–water partition coefficient (Wildman–Crippen LogP) is 2.54. The predicted molar refractivity (Wildman–Crippen MR) is 76.9 cm³/mol. The molecule has 0 saturated heterocycles. The lowest BCUT2D eigenvalue weighted by molar-refractivity contribution is 0.616. The van der Waals surface area contributed by atoms with E-state index < -0.39 is 0 Å². The zero-order valence-electron chi connectivity index (χ0n) is 10.8. The molecule has 0 bridgehead atoms. The molecule has 3 heterocycles. The maximum absolute atomic E-state index is 12.1. The van der Waals surface area contributed by atoms with Crippen LogP contribution in [0.25, 0.3) is 22.4 Å². The number of fused-ring (bicyclic) bond motifs is 2. The summed E-state index contributed by atoms with van der Waals surface area (Å²) in [6.07, 6.45) is 3.38. The molecule has 0 amide bonds. The first-order valence-corrected chi connectivity index (χ1v) is 6.66. The fourth-order valence-corrected chi connectivity index (χ4v) is 2.64. The Morgan fingerprint density at radius 2 is 2.15 bits per heavy atom. The number of aromatic nitrogens is 2. The minimum atomic E-state index is -0.0671. The van der Waals surface area contributed by atoms with Crippen molar-refractivity contribution in [3.05, 3.63) is 46.4 Å². The van der Waals surface area contributed by atoms with E-state index >= 15 is 0 Å². The lowest BCUT2D eigenvalue weighted by Gasteiger charge is -2.16. The molecule has 0 spiro atoms. The van der Waals surface area contributed by atoms with Crippen molar-refractivity contribution in [2.24, 2.45) is 0 Å². The van der Waals surface area contributed by atoms with Crippen LogP contribution in [0.4, 0.5) is 5.82 Å². The van der Waals surface area contributed by atoms with Crippen LogP contribution in [-0.2, 0) is 6.42 Å². The van der Waals surface area contributed by atoms with Crippen molar-refractivity contribution in [2.45, 2.75) is 12.8 Å². The van der Waals surface area contributed by atoms with E-state index in [1.807, 2.05) is 24.3 Å². The van der Waals surface area contributed by atoms with E-state index in [0.717, 1.165) is 41.5 Å². The number of H-pyrrole nitrogens is 1. The third-order valence-corrected chi connectivity index (χ3v) is 3.65. The molecule has 5 heteroatoms. The highest BCUT2D eigenvalue weighted by Gasteiger charge is 2.17. The monoisotopic (exact) mass is 267 g/mol. The summed E-state index contributed by atoms with van der Waals surface area (Å²) in [5.74, 6) is 1.24. The van der Waals surface area contributed by atoms with Gasteiger partial charge in [-0.1, -0.05) is 18.2 Å². The number of rotatable bonds is 1. The Balaban J connectivity index is 1.94. The molecule has 2 N–H and O–H groups in total. The summed E-state index contributed by atoms with van der Waals surface area (Å²) in [4.78, 5) is 19.6. The maximum Gasteiger partial charge on any atom is 0.256 e. The number of hydrogen-bond acceptors (Lipinski definition) is 4. The number of para-hydroxylation sites is 1. The zero-order chi connectivity index (χ0) is 13.5. The first-order valence-electron chi connectivity index (χ1n) is 6.66. The Morgan fingerprint density at radius 1 is 1.25 bits per heavy atom. The van der Waals surface area contributed by atoms with E-state index in [4.69, 9.17) is 4.42 Å². The minimum Gasteiger partial charge on any atom is -0.464 e. The van der Waals surface area contributed by atoms with Gasteiger partial charge in [0.2, 0.25) is 0 Å². The molecule has 0 saturated carbocycles. The van der Waals surface area contributed by atoms with Gasteiger partial charge in [-0.05, 0) is 18.9 Å². The summed E-state index contributed by atoms with van der Waals surface area (Å²) < 4.78 is 5.50. The van der Waals surface area contributed by atoms with Gasteiger partial charge < -0.3 is 14.7 Å². The van der Waals surface area contributed by atoms with E-state index in [9.17, 15) is 4.79 Å². The molecule has 2 aromatic heterocycles. The molecule has 1 aromatic carbocycles. The second kappa shape index (κ2) is 4.23. The summed E-state index contributed by atoms with van der Waals surface area (Å²) in [5.41, 5.74) is 2.28. The SMILES string of the molecule is O=c1[nH]c(-c2coc3ccccc23)nc2c1CCCN2. The summed E-state index contributed by atoms with van der Waals surface area (Å²) in [7, 11) is 0. The van der Waals surface area contributed by atoms with Gasteiger partial charge in [0.05, 0.1) is 11.1 Å². The molecule has 0 unspecified atom stereocenters. The van der Waals surface area contributed by atoms with Crippen molar-refractivity contribution in [2.75, 3.05) is 11.9 Å². The Kier molecular flexibility index (Phi) is 2.39. The van der Waals surface area contributed by atoms with Crippen LogP contribution in [0.2, 0.25) is 0 Å². The van der Waals surface area contributed by atoms with Crippen molar-refractivity contribution in [1.82, 2.24) is 9.97 Å². The van der Waals surface area contributed by atoms with Gasteiger partial charge in [0.1, 0.15) is 23.5 Å². The lowest BCUT2D eigenvalue weighted by atomic mass is 10.1. The molecule has 0 radical (unpaired) electrons. The third kappa shape index (κ3) is 1.63. The van der Waals surface area contributed by atoms with Crippen LogP contribution >= 0.6 is 0 Å². The van der Waals surface area contributed by atoms with Crippen molar-refractivity contribution in [1.29, 1.82) is 0 Å². The second-order valence-electron chi connectivity index (χ2n) is 4.92. The van der Waals surface area contributed by atoms with Crippen molar-refractivity contribution >= 4 is 16.8 Å². The van der Waals surface area contributed by atoms with Crippen LogP contribution in [0, 0.1) is 0 Å². The fourth-order valence-electron chi connectivity index (χ4n) is 2.64. The smallest absolute Gasteiger partial charge is 0.256 e. The highest BCUT2D eigenvalue weighted by molar-refractivity contribution is 5.92. The van der Waals surface area contributed by atoms with Gasteiger partial charge in [-0.2, -0.15) is 0 Å². The van der Waals surface area contributed by atoms with Crippen LogP contribution in [-0.4, -0.2) is 16.5 Å². The number of hydrogen-bond donors (Lipinski definition) is 2. The number of nitrogens with one attached hydrogen (secondary N) is 2. The van der Waals surface area contributed by atoms with Gasteiger partial charge in [-0.15, -0.1) is 0 Å². The molecular weight excluding hydrogens is 254 g/mol. The summed E-state index contributed by atoms with van der Waals surface area (Å²) in [5, 5.41) is 4.14. The lowest BCUT2D eigenvalue weighted by Crippen LogP contribution is -2.24. The molecule has 100 valence electrons. The van der Waals surface area contributed by atoms with Crippen LogP contribution in [0.15, 0.2) is 39.7 Å². The van der Waals surface area contributed by atoms with Gasteiger partial charge in [0, 0.05) is 11.9 Å². The highest BCUT2D eigenvalue weighted by Crippen LogP contribution is 2.29. The molecule has 0 atom stereocenters. The molecule has 20 heavy (non-hydrogen) atoms. The zero-order valence-corrected chi connectivity index (χ0v) is 10.8. The van der Waals surface area contributed by atoms with Gasteiger partial charge in [-0.3, -0.25) is 4.79 Å². The molecule has 0 fully saturated rings. The molecule has 5 nitrogen and oxygen atoms in total. The quantitative estimate of drug-likeness (QED) is 0.710. The first-order chi connectivity index (χ1) is 9.83. The van der Waals surface area contributed by atoms with Gasteiger partial charge in [0.25, 0.3) is 5.56 Å². The largest absolute Gasteiger partial charge is 0.464 e. The van der Waals surface area contributed by atoms with E-state index in [1.54, 1.807) is 6.26 Å². The standard InChI is InChI=1S/C15H13N3O2/c19-15-10-5-3-7-16-13(10)17-14(18-15)11-8-20-12-6-2-1-4-9(11)12/h1-2,4,6,8H,3,5,7H2,(H2,16,17,18,19). The summed E-state index contributed by atoms with van der Waals surface area (Å²) >= 11 is 0. The van der Waals surface area contributed by atoms with E-state index in [2.05, 4.69) is 15.3 Å². The van der Waals surface area contributed by atoms with E-state index in [0.29, 0.717) is 11.6 Å². The summed E-state index contributed by atoms with van der Waals surface area (Å²) in [6.45, 7) is 0.856. The fraction of sp³-hybridized carbons (Fsp3) is 0.200.